The number of aryl methyl sites for hydroxylation is 1. The predicted molar refractivity (Wildman–Crippen MR) is 108 cm³/mol. The molecule has 0 saturated heterocycles. The van der Waals surface area contributed by atoms with Gasteiger partial charge in [-0.2, -0.15) is 10.1 Å². The molecule has 10 heteroatoms. The quantitative estimate of drug-likeness (QED) is 0.370. The number of ketones is 1. The predicted octanol–water partition coefficient (Wildman–Crippen LogP) is 2.97. The number of aromatic nitrogens is 7. The van der Waals surface area contributed by atoms with Crippen LogP contribution in [-0.4, -0.2) is 46.0 Å². The molecule has 1 N–H and O–H groups in total. The van der Waals surface area contributed by atoms with Gasteiger partial charge < -0.3 is 4.57 Å². The molecule has 0 aliphatic rings. The summed E-state index contributed by atoms with van der Waals surface area (Å²) in [6.45, 7) is 3.86. The van der Waals surface area contributed by atoms with Crippen molar-refractivity contribution in [2.75, 3.05) is 5.75 Å². The molecule has 4 rings (SSSR count). The van der Waals surface area contributed by atoms with E-state index in [1.807, 2.05) is 42.2 Å². The Hall–Kier alpha value is -2.72. The minimum absolute atomic E-state index is 0.0478. The lowest BCUT2D eigenvalue weighted by Crippen LogP contribution is -2.07. The van der Waals surface area contributed by atoms with E-state index in [4.69, 9.17) is 0 Å². The third-order valence-corrected chi connectivity index (χ3v) is 6.41. The first-order valence-corrected chi connectivity index (χ1v) is 10.5. The summed E-state index contributed by atoms with van der Waals surface area (Å²) < 4.78 is 3.85. The SMILES string of the molecule is Cc1cc(C(=O)CSc2nnc(Cc3cccs3)n2C)c(C)n1-c1ncn[nH]1. The number of Topliss-reactive ketones (excluding diaryl/α,β-unsaturated/α-hetero) is 1. The lowest BCUT2D eigenvalue weighted by molar-refractivity contribution is 0.102. The van der Waals surface area contributed by atoms with Crippen LogP contribution in [-0.2, 0) is 13.5 Å². The summed E-state index contributed by atoms with van der Waals surface area (Å²) in [6, 6.07) is 6.00. The zero-order valence-electron chi connectivity index (χ0n) is 15.7. The molecule has 0 spiro atoms. The van der Waals surface area contributed by atoms with Gasteiger partial charge >= 0.3 is 0 Å². The van der Waals surface area contributed by atoms with Crippen LogP contribution in [0.5, 0.6) is 0 Å². The molecule has 0 aliphatic heterocycles. The van der Waals surface area contributed by atoms with Gasteiger partial charge in [0.25, 0.3) is 0 Å². The normalized spacial score (nSPS) is 11.2. The summed E-state index contributed by atoms with van der Waals surface area (Å²) in [5.41, 5.74) is 2.46. The van der Waals surface area contributed by atoms with Crippen molar-refractivity contribution >= 4 is 28.9 Å². The highest BCUT2D eigenvalue weighted by Crippen LogP contribution is 2.23. The molecule has 0 saturated carbocycles. The zero-order valence-corrected chi connectivity index (χ0v) is 17.3. The molecule has 4 heterocycles. The Morgan fingerprint density at radius 1 is 1.32 bits per heavy atom. The lowest BCUT2D eigenvalue weighted by atomic mass is 10.2. The molecule has 0 unspecified atom stereocenters. The van der Waals surface area contributed by atoms with Crippen LogP contribution in [0.25, 0.3) is 5.95 Å². The monoisotopic (exact) mass is 413 g/mol. The fourth-order valence-electron chi connectivity index (χ4n) is 3.08. The van der Waals surface area contributed by atoms with E-state index in [-0.39, 0.29) is 5.78 Å². The van der Waals surface area contributed by atoms with Crippen molar-refractivity contribution in [2.45, 2.75) is 25.4 Å². The van der Waals surface area contributed by atoms with E-state index in [9.17, 15) is 4.79 Å². The molecule has 0 atom stereocenters. The van der Waals surface area contributed by atoms with Crippen molar-refractivity contribution in [3.05, 3.63) is 57.6 Å². The second-order valence-corrected chi connectivity index (χ2v) is 8.33. The first-order chi connectivity index (χ1) is 13.5. The molecular weight excluding hydrogens is 394 g/mol. The average Bonchev–Trinajstić information content (AvgIpc) is 3.45. The Morgan fingerprint density at radius 3 is 2.89 bits per heavy atom. The second kappa shape index (κ2) is 7.72. The highest BCUT2D eigenvalue weighted by atomic mass is 32.2. The van der Waals surface area contributed by atoms with Crippen LogP contribution in [0.3, 0.4) is 0 Å². The highest BCUT2D eigenvalue weighted by molar-refractivity contribution is 7.99. The van der Waals surface area contributed by atoms with Gasteiger partial charge in [0.15, 0.2) is 10.9 Å². The molecule has 8 nitrogen and oxygen atoms in total. The molecule has 0 fully saturated rings. The molecule has 144 valence electrons. The van der Waals surface area contributed by atoms with Gasteiger partial charge in [0.2, 0.25) is 5.95 Å². The van der Waals surface area contributed by atoms with Gasteiger partial charge in [-0.05, 0) is 31.4 Å². The molecule has 0 bridgehead atoms. The van der Waals surface area contributed by atoms with E-state index in [1.165, 1.54) is 23.0 Å². The molecule has 0 aliphatic carbocycles. The molecule has 4 aromatic rings. The number of nitrogens with one attached hydrogen (secondary N) is 1. The summed E-state index contributed by atoms with van der Waals surface area (Å²) in [4.78, 5) is 18.2. The van der Waals surface area contributed by atoms with E-state index < -0.39 is 0 Å². The maximum absolute atomic E-state index is 12.8. The number of carbonyl (C=O) groups excluding carboxylic acids is 1. The topological polar surface area (TPSA) is 94.3 Å². The largest absolute Gasteiger partial charge is 0.309 e. The summed E-state index contributed by atoms with van der Waals surface area (Å²) in [6.07, 6.45) is 2.20. The highest BCUT2D eigenvalue weighted by Gasteiger charge is 2.19. The minimum atomic E-state index is 0.0478. The van der Waals surface area contributed by atoms with E-state index in [2.05, 4.69) is 36.8 Å². The first kappa shape index (κ1) is 18.6. The number of nitrogens with zero attached hydrogens (tertiary/aromatic N) is 6. The number of carbonyl (C=O) groups is 1. The maximum atomic E-state index is 12.8. The summed E-state index contributed by atoms with van der Waals surface area (Å²) in [7, 11) is 1.94. The van der Waals surface area contributed by atoms with E-state index in [1.54, 1.807) is 11.3 Å². The standard InChI is InChI=1S/C18H19N7OS2/c1-11-7-14(12(2)25(11)17-19-10-20-22-17)15(26)9-28-18-23-21-16(24(18)3)8-13-5-4-6-27-13/h4-7,10H,8-9H2,1-3H3,(H,19,20,22). The molecule has 0 radical (unpaired) electrons. The number of thioether (sulfide) groups is 1. The molecule has 0 aromatic carbocycles. The minimum Gasteiger partial charge on any atom is -0.309 e. The fraction of sp³-hybridized carbons (Fsp3) is 0.278. The third-order valence-electron chi connectivity index (χ3n) is 4.52. The van der Waals surface area contributed by atoms with Gasteiger partial charge in [0.05, 0.1) is 5.75 Å². The van der Waals surface area contributed by atoms with Crippen molar-refractivity contribution in [3.63, 3.8) is 0 Å². The van der Waals surface area contributed by atoms with Crippen LogP contribution in [0.4, 0.5) is 0 Å². The number of rotatable bonds is 7. The summed E-state index contributed by atoms with van der Waals surface area (Å²) in [5, 5.41) is 18.0. The Morgan fingerprint density at radius 2 is 2.18 bits per heavy atom. The summed E-state index contributed by atoms with van der Waals surface area (Å²) in [5.74, 6) is 1.84. The van der Waals surface area contributed by atoms with Crippen molar-refractivity contribution in [1.82, 2.24) is 34.5 Å². The second-order valence-electron chi connectivity index (χ2n) is 6.36. The van der Waals surface area contributed by atoms with Gasteiger partial charge in [0.1, 0.15) is 12.2 Å². The average molecular weight is 414 g/mol. The van der Waals surface area contributed by atoms with Gasteiger partial charge in [0, 0.05) is 35.3 Å². The molecule has 4 aromatic heterocycles. The first-order valence-electron chi connectivity index (χ1n) is 8.66. The smallest absolute Gasteiger partial charge is 0.229 e. The van der Waals surface area contributed by atoms with Crippen molar-refractivity contribution < 1.29 is 4.79 Å². The van der Waals surface area contributed by atoms with E-state index in [0.29, 0.717) is 17.3 Å². The van der Waals surface area contributed by atoms with Crippen LogP contribution in [0, 0.1) is 13.8 Å². The van der Waals surface area contributed by atoms with E-state index >= 15 is 0 Å². The van der Waals surface area contributed by atoms with Gasteiger partial charge in [-0.15, -0.1) is 21.5 Å². The van der Waals surface area contributed by atoms with Crippen LogP contribution < -0.4 is 0 Å². The number of H-pyrrole nitrogens is 1. The maximum Gasteiger partial charge on any atom is 0.229 e. The number of thiophene rings is 1. The molecular formula is C18H19N7OS2. The van der Waals surface area contributed by atoms with Crippen LogP contribution in [0.15, 0.2) is 35.1 Å². The fourth-order valence-corrected chi connectivity index (χ4v) is 4.59. The Bertz CT molecular complexity index is 1090. The van der Waals surface area contributed by atoms with Gasteiger partial charge in [-0.3, -0.25) is 9.36 Å². The van der Waals surface area contributed by atoms with Gasteiger partial charge in [-0.25, -0.2) is 5.10 Å². The lowest BCUT2D eigenvalue weighted by Gasteiger charge is -2.05. The van der Waals surface area contributed by atoms with Crippen LogP contribution in [0.2, 0.25) is 0 Å². The zero-order chi connectivity index (χ0) is 19.7. The molecule has 28 heavy (non-hydrogen) atoms. The van der Waals surface area contributed by atoms with Crippen molar-refractivity contribution in [2.24, 2.45) is 7.05 Å². The Labute approximate surface area is 170 Å². The third kappa shape index (κ3) is 3.52. The van der Waals surface area contributed by atoms with Crippen LogP contribution in [0.1, 0.15) is 32.4 Å². The van der Waals surface area contributed by atoms with E-state index in [0.717, 1.165) is 28.8 Å². The number of hydrogen-bond donors (Lipinski definition) is 1. The van der Waals surface area contributed by atoms with Crippen LogP contribution >= 0.6 is 23.1 Å². The number of hydrogen-bond acceptors (Lipinski definition) is 7. The Kier molecular flexibility index (Phi) is 5.14. The van der Waals surface area contributed by atoms with Crippen molar-refractivity contribution in [1.29, 1.82) is 0 Å². The number of aromatic amines is 1. The molecule has 0 amide bonds. The van der Waals surface area contributed by atoms with Crippen molar-refractivity contribution in [3.8, 4) is 5.95 Å². The Balaban J connectivity index is 1.47. The summed E-state index contributed by atoms with van der Waals surface area (Å²) >= 11 is 3.10. The van der Waals surface area contributed by atoms with Gasteiger partial charge in [-0.1, -0.05) is 17.8 Å².